The molecule has 0 saturated carbocycles. The van der Waals surface area contributed by atoms with Crippen LogP contribution in [0.3, 0.4) is 0 Å². The third-order valence-electron chi connectivity index (χ3n) is 2.79. The Balaban J connectivity index is 1.90. The van der Waals surface area contributed by atoms with Gasteiger partial charge in [-0.1, -0.05) is 18.2 Å². The van der Waals surface area contributed by atoms with Crippen LogP contribution in [0.15, 0.2) is 42.5 Å². The average Bonchev–Trinajstić information content (AvgIpc) is 2.85. The van der Waals surface area contributed by atoms with Crippen LogP contribution in [-0.2, 0) is 0 Å². The van der Waals surface area contributed by atoms with E-state index in [1.54, 1.807) is 12.1 Å². The molecule has 2 aromatic carbocycles. The summed E-state index contributed by atoms with van der Waals surface area (Å²) in [6.07, 6.45) is -2.04. The molecule has 3 nitrogen and oxygen atoms in total. The minimum atomic E-state index is -4.68. The lowest BCUT2D eigenvalue weighted by atomic mass is 10.1. The molecule has 0 atom stereocenters. The Hall–Kier alpha value is -2.50. The number of halogens is 3. The first-order valence-electron chi connectivity index (χ1n) is 5.73. The molecule has 1 N–H and O–H groups in total. The van der Waals surface area contributed by atoms with E-state index >= 15 is 0 Å². The maximum Gasteiger partial charge on any atom is 0.573 e. The van der Waals surface area contributed by atoms with Crippen molar-refractivity contribution in [3.05, 3.63) is 48.8 Å². The molecular formula is C14H8F3N2O. The molecule has 0 unspecified atom stereocenters. The summed E-state index contributed by atoms with van der Waals surface area (Å²) in [6.45, 7) is 0. The molecule has 0 aliphatic heterocycles. The highest BCUT2D eigenvalue weighted by molar-refractivity contribution is 5.81. The molecule has 0 saturated heterocycles. The number of hydrogen-bond donors (Lipinski definition) is 1. The Morgan fingerprint density at radius 3 is 2.40 bits per heavy atom. The number of nitrogens with zero attached hydrogens (tertiary/aromatic N) is 1. The number of hydrogen-bond acceptors (Lipinski definition) is 2. The van der Waals surface area contributed by atoms with Crippen LogP contribution in [0, 0.1) is 6.33 Å². The van der Waals surface area contributed by atoms with E-state index < -0.39 is 6.36 Å². The number of aromatic amines is 1. The highest BCUT2D eigenvalue weighted by Gasteiger charge is 2.30. The van der Waals surface area contributed by atoms with Gasteiger partial charge in [-0.25, -0.2) is 4.98 Å². The van der Waals surface area contributed by atoms with Crippen LogP contribution in [0.5, 0.6) is 5.75 Å². The van der Waals surface area contributed by atoms with Gasteiger partial charge in [-0.2, -0.15) is 0 Å². The van der Waals surface area contributed by atoms with E-state index in [2.05, 4.69) is 21.0 Å². The quantitative estimate of drug-likeness (QED) is 0.770. The Morgan fingerprint density at radius 1 is 1.00 bits per heavy atom. The Bertz CT molecular complexity index is 732. The SMILES string of the molecule is FC(F)(F)Oc1ccc(-c2ccc3[nH][c]nc3c2)cc1. The predicted octanol–water partition coefficient (Wildman–Crippen LogP) is 3.93. The minimum absolute atomic E-state index is 0.240. The smallest absolute Gasteiger partial charge is 0.406 e. The second-order valence-electron chi connectivity index (χ2n) is 4.15. The molecule has 0 amide bonds. The molecule has 20 heavy (non-hydrogen) atoms. The molecule has 101 valence electrons. The first-order chi connectivity index (χ1) is 9.51. The zero-order valence-electron chi connectivity index (χ0n) is 10.0. The van der Waals surface area contributed by atoms with Crippen LogP contribution in [0.25, 0.3) is 22.2 Å². The molecule has 3 aromatic rings. The second kappa shape index (κ2) is 4.56. The Kier molecular flexibility index (Phi) is 2.85. The Labute approximate surface area is 112 Å². The van der Waals surface area contributed by atoms with E-state index in [1.165, 1.54) is 12.1 Å². The van der Waals surface area contributed by atoms with Gasteiger partial charge in [0.2, 0.25) is 0 Å². The standard InChI is InChI=1S/C14H8F3N2O/c15-14(16,17)20-11-4-1-9(2-5-11)10-3-6-12-13(7-10)19-8-18-12/h1-7H,(H,18,19). The van der Waals surface area contributed by atoms with Crippen molar-refractivity contribution in [3.63, 3.8) is 0 Å². The van der Waals surface area contributed by atoms with Gasteiger partial charge in [0, 0.05) is 0 Å². The zero-order valence-corrected chi connectivity index (χ0v) is 10.0. The third kappa shape index (κ3) is 2.59. The van der Waals surface area contributed by atoms with Crippen molar-refractivity contribution in [3.8, 4) is 16.9 Å². The summed E-state index contributed by atoms with van der Waals surface area (Å²) in [5.41, 5.74) is 3.24. The summed E-state index contributed by atoms with van der Waals surface area (Å²) in [4.78, 5) is 6.87. The van der Waals surface area contributed by atoms with Crippen LogP contribution < -0.4 is 4.74 Å². The number of aromatic nitrogens is 2. The molecule has 1 heterocycles. The number of H-pyrrole nitrogens is 1. The lowest BCUT2D eigenvalue weighted by Gasteiger charge is -2.09. The minimum Gasteiger partial charge on any atom is -0.406 e. The molecule has 0 bridgehead atoms. The van der Waals surface area contributed by atoms with Gasteiger partial charge in [0.15, 0.2) is 6.33 Å². The first kappa shape index (κ1) is 12.5. The van der Waals surface area contributed by atoms with Gasteiger partial charge in [-0.3, -0.25) is 0 Å². The van der Waals surface area contributed by atoms with Crippen LogP contribution in [0.4, 0.5) is 13.2 Å². The van der Waals surface area contributed by atoms with E-state index in [0.717, 1.165) is 22.2 Å². The maximum atomic E-state index is 12.1. The number of ether oxygens (including phenoxy) is 1. The summed E-state index contributed by atoms with van der Waals surface area (Å²) >= 11 is 0. The normalized spacial score (nSPS) is 11.8. The lowest BCUT2D eigenvalue weighted by Crippen LogP contribution is -2.16. The van der Waals surface area contributed by atoms with E-state index in [4.69, 9.17) is 0 Å². The summed E-state index contributed by atoms with van der Waals surface area (Å²) in [7, 11) is 0. The molecule has 6 heteroatoms. The second-order valence-corrected chi connectivity index (χ2v) is 4.15. The number of fused-ring (bicyclic) bond motifs is 1. The fourth-order valence-corrected chi connectivity index (χ4v) is 1.91. The van der Waals surface area contributed by atoms with Gasteiger partial charge in [-0.05, 0) is 35.4 Å². The van der Waals surface area contributed by atoms with Gasteiger partial charge in [0.1, 0.15) is 5.75 Å². The van der Waals surface area contributed by atoms with Gasteiger partial charge in [0.05, 0.1) is 11.0 Å². The number of rotatable bonds is 2. The van der Waals surface area contributed by atoms with Crippen molar-refractivity contribution in [1.29, 1.82) is 0 Å². The van der Waals surface area contributed by atoms with Gasteiger partial charge in [-0.15, -0.1) is 13.2 Å². The molecule has 1 radical (unpaired) electrons. The van der Waals surface area contributed by atoms with Crippen LogP contribution in [0.1, 0.15) is 0 Å². The van der Waals surface area contributed by atoms with Crippen molar-refractivity contribution < 1.29 is 17.9 Å². The number of benzene rings is 2. The lowest BCUT2D eigenvalue weighted by molar-refractivity contribution is -0.274. The maximum absolute atomic E-state index is 12.1. The van der Waals surface area contributed by atoms with Crippen LogP contribution in [0.2, 0.25) is 0 Å². The fourth-order valence-electron chi connectivity index (χ4n) is 1.91. The van der Waals surface area contributed by atoms with Crippen molar-refractivity contribution >= 4 is 11.0 Å². The summed E-state index contributed by atoms with van der Waals surface area (Å²) in [5, 5.41) is 0. The van der Waals surface area contributed by atoms with E-state index in [-0.39, 0.29) is 5.75 Å². The topological polar surface area (TPSA) is 37.9 Å². The highest BCUT2D eigenvalue weighted by Crippen LogP contribution is 2.27. The predicted molar refractivity (Wildman–Crippen MR) is 67.0 cm³/mol. The molecule has 0 fully saturated rings. The fraction of sp³-hybridized carbons (Fsp3) is 0.0714. The van der Waals surface area contributed by atoms with Crippen molar-refractivity contribution in [2.45, 2.75) is 6.36 Å². The summed E-state index contributed by atoms with van der Waals surface area (Å²) < 4.78 is 40.0. The first-order valence-corrected chi connectivity index (χ1v) is 5.73. The Morgan fingerprint density at radius 2 is 1.70 bits per heavy atom. The van der Waals surface area contributed by atoms with Crippen LogP contribution >= 0.6 is 0 Å². The largest absolute Gasteiger partial charge is 0.573 e. The summed E-state index contributed by atoms with van der Waals surface area (Å²) in [6, 6.07) is 11.2. The molecule has 1 aromatic heterocycles. The van der Waals surface area contributed by atoms with Crippen molar-refractivity contribution in [2.75, 3.05) is 0 Å². The average molecular weight is 277 g/mol. The molecule has 0 aliphatic carbocycles. The third-order valence-corrected chi connectivity index (χ3v) is 2.79. The summed E-state index contributed by atoms with van der Waals surface area (Å²) in [5.74, 6) is -0.240. The molecule has 0 aliphatic rings. The van der Waals surface area contributed by atoms with Gasteiger partial charge < -0.3 is 9.72 Å². The molecule has 3 rings (SSSR count). The van der Waals surface area contributed by atoms with Gasteiger partial charge in [0.25, 0.3) is 0 Å². The highest BCUT2D eigenvalue weighted by atomic mass is 19.4. The van der Waals surface area contributed by atoms with Crippen LogP contribution in [-0.4, -0.2) is 16.3 Å². The molecular weight excluding hydrogens is 269 g/mol. The molecule has 0 spiro atoms. The van der Waals surface area contributed by atoms with E-state index in [1.807, 2.05) is 18.2 Å². The van der Waals surface area contributed by atoms with E-state index in [0.29, 0.717) is 0 Å². The van der Waals surface area contributed by atoms with Gasteiger partial charge >= 0.3 is 6.36 Å². The number of alkyl halides is 3. The number of nitrogens with one attached hydrogen (secondary N) is 1. The van der Waals surface area contributed by atoms with E-state index in [9.17, 15) is 13.2 Å². The monoisotopic (exact) mass is 277 g/mol. The zero-order chi connectivity index (χ0) is 14.2. The number of imidazole rings is 1. The van der Waals surface area contributed by atoms with Crippen molar-refractivity contribution in [2.24, 2.45) is 0 Å². The van der Waals surface area contributed by atoms with Crippen molar-refractivity contribution in [1.82, 2.24) is 9.97 Å².